The lowest BCUT2D eigenvalue weighted by molar-refractivity contribution is 0.400. The fraction of sp³-hybridized carbons (Fsp3) is 0.471. The van der Waals surface area contributed by atoms with E-state index in [0.29, 0.717) is 11.7 Å². The highest BCUT2D eigenvalue weighted by Gasteiger charge is 2.23. The van der Waals surface area contributed by atoms with Crippen molar-refractivity contribution >= 4 is 15.8 Å². The Balaban J connectivity index is 1.83. The van der Waals surface area contributed by atoms with Crippen LogP contribution in [0.5, 0.6) is 0 Å². The number of nitrogens with zero attached hydrogens (tertiary/aromatic N) is 1. The average molecular weight is 352 g/mol. The molecule has 0 atom stereocenters. The van der Waals surface area contributed by atoms with Crippen LogP contribution in [0.25, 0.3) is 0 Å². The van der Waals surface area contributed by atoms with E-state index in [1.54, 1.807) is 13.0 Å². The van der Waals surface area contributed by atoms with Crippen LogP contribution in [-0.4, -0.2) is 13.6 Å². The molecule has 0 spiro atoms. The minimum absolute atomic E-state index is 0.0414. The van der Waals surface area contributed by atoms with E-state index in [2.05, 4.69) is 9.88 Å². The van der Waals surface area contributed by atoms with Gasteiger partial charge in [0.2, 0.25) is 0 Å². The van der Waals surface area contributed by atoms with Crippen LogP contribution in [-0.2, 0) is 10.0 Å². The van der Waals surface area contributed by atoms with Gasteiger partial charge >= 0.3 is 0 Å². The molecule has 1 aliphatic rings. The van der Waals surface area contributed by atoms with Crippen molar-refractivity contribution in [2.45, 2.75) is 56.3 Å². The normalized spacial score (nSPS) is 16.8. The summed E-state index contributed by atoms with van der Waals surface area (Å²) in [5.41, 5.74) is 0.880. The summed E-state index contributed by atoms with van der Waals surface area (Å²) < 4.78 is 46.2. The number of halogens is 1. The number of sulfonamides is 1. The zero-order valence-corrected chi connectivity index (χ0v) is 14.4. The van der Waals surface area contributed by atoms with Gasteiger partial charge in [-0.1, -0.05) is 36.9 Å². The van der Waals surface area contributed by atoms with Crippen molar-refractivity contribution in [3.8, 4) is 0 Å². The third-order valence-electron chi connectivity index (χ3n) is 4.44. The maximum Gasteiger partial charge on any atom is 0.266 e. The molecule has 5 nitrogen and oxygen atoms in total. The van der Waals surface area contributed by atoms with Crippen molar-refractivity contribution in [2.24, 2.45) is 0 Å². The third-order valence-corrected chi connectivity index (χ3v) is 5.83. The van der Waals surface area contributed by atoms with Crippen LogP contribution in [0, 0.1) is 12.7 Å². The van der Waals surface area contributed by atoms with Gasteiger partial charge in [0, 0.05) is 6.07 Å². The predicted octanol–water partition coefficient (Wildman–Crippen LogP) is 4.36. The van der Waals surface area contributed by atoms with E-state index in [9.17, 15) is 12.8 Å². The Hall–Kier alpha value is -1.89. The van der Waals surface area contributed by atoms with E-state index in [1.807, 2.05) is 0 Å². The highest BCUT2D eigenvalue weighted by molar-refractivity contribution is 7.92. The molecule has 1 aromatic carbocycles. The molecule has 1 saturated carbocycles. The van der Waals surface area contributed by atoms with Crippen molar-refractivity contribution in [1.82, 2.24) is 5.16 Å². The van der Waals surface area contributed by atoms with Crippen molar-refractivity contribution in [3.63, 3.8) is 0 Å². The quantitative estimate of drug-likeness (QED) is 0.830. The molecular weight excluding hydrogens is 331 g/mol. The van der Waals surface area contributed by atoms with Crippen LogP contribution >= 0.6 is 0 Å². The number of aromatic nitrogens is 1. The fourth-order valence-electron chi connectivity index (χ4n) is 3.21. The van der Waals surface area contributed by atoms with E-state index < -0.39 is 15.8 Å². The van der Waals surface area contributed by atoms with Crippen molar-refractivity contribution < 1.29 is 17.3 Å². The highest BCUT2D eigenvalue weighted by atomic mass is 32.2. The van der Waals surface area contributed by atoms with Crippen LogP contribution in [0.15, 0.2) is 33.7 Å². The Morgan fingerprint density at radius 1 is 1.17 bits per heavy atom. The first kappa shape index (κ1) is 17.0. The van der Waals surface area contributed by atoms with E-state index in [1.165, 1.54) is 31.0 Å². The molecule has 0 amide bonds. The standard InChI is InChI=1S/C17H21FN2O3S/c1-12-10-17(19-23-12)20-24(21,22)16-9-8-14(11-15(16)18)13-6-4-2-3-5-7-13/h8-11,13H,2-7H2,1H3,(H,19,20). The molecule has 1 N–H and O–H groups in total. The molecule has 1 fully saturated rings. The molecule has 1 heterocycles. The molecule has 2 aromatic rings. The summed E-state index contributed by atoms with van der Waals surface area (Å²) in [6.07, 6.45) is 6.77. The molecule has 0 aliphatic heterocycles. The Kier molecular flexibility index (Phi) is 4.89. The minimum Gasteiger partial charge on any atom is -0.360 e. The predicted molar refractivity (Wildman–Crippen MR) is 88.9 cm³/mol. The largest absolute Gasteiger partial charge is 0.360 e. The molecule has 1 aliphatic carbocycles. The molecule has 24 heavy (non-hydrogen) atoms. The number of nitrogens with one attached hydrogen (secondary N) is 1. The number of benzene rings is 1. The van der Waals surface area contributed by atoms with Crippen LogP contribution in [0.4, 0.5) is 10.2 Å². The third kappa shape index (κ3) is 3.77. The van der Waals surface area contributed by atoms with Gasteiger partial charge in [-0.15, -0.1) is 0 Å². The Morgan fingerprint density at radius 3 is 2.46 bits per heavy atom. The summed E-state index contributed by atoms with van der Waals surface area (Å²) in [5.74, 6) is 0.0889. The molecule has 0 unspecified atom stereocenters. The summed E-state index contributed by atoms with van der Waals surface area (Å²) in [5, 5.41) is 3.57. The van der Waals surface area contributed by atoms with Crippen LogP contribution in [0.2, 0.25) is 0 Å². The number of anilines is 1. The van der Waals surface area contributed by atoms with Gasteiger partial charge in [0.05, 0.1) is 0 Å². The molecule has 3 rings (SSSR count). The summed E-state index contributed by atoms with van der Waals surface area (Å²) in [4.78, 5) is -0.375. The summed E-state index contributed by atoms with van der Waals surface area (Å²) in [6, 6.07) is 5.86. The Morgan fingerprint density at radius 2 is 1.88 bits per heavy atom. The first-order valence-electron chi connectivity index (χ1n) is 8.21. The van der Waals surface area contributed by atoms with Crippen LogP contribution in [0.1, 0.15) is 55.8 Å². The second-order valence-corrected chi connectivity index (χ2v) is 7.96. The summed E-state index contributed by atoms with van der Waals surface area (Å²) >= 11 is 0. The number of rotatable bonds is 4. The zero-order valence-electron chi connectivity index (χ0n) is 13.6. The monoisotopic (exact) mass is 352 g/mol. The van der Waals surface area contributed by atoms with Gasteiger partial charge in [0.1, 0.15) is 16.5 Å². The first-order valence-corrected chi connectivity index (χ1v) is 9.69. The second-order valence-electron chi connectivity index (χ2n) is 6.31. The van der Waals surface area contributed by atoms with Gasteiger partial charge in [-0.2, -0.15) is 0 Å². The van der Waals surface area contributed by atoms with Gasteiger partial charge in [-0.05, 0) is 43.4 Å². The molecule has 0 saturated heterocycles. The molecule has 1 aromatic heterocycles. The minimum atomic E-state index is -4.03. The maximum absolute atomic E-state index is 14.4. The summed E-state index contributed by atoms with van der Waals surface area (Å²) in [7, 11) is -4.03. The number of aryl methyl sites for hydroxylation is 1. The molecule has 7 heteroatoms. The smallest absolute Gasteiger partial charge is 0.266 e. The number of hydrogen-bond acceptors (Lipinski definition) is 4. The van der Waals surface area contributed by atoms with Crippen LogP contribution < -0.4 is 4.72 Å². The van der Waals surface area contributed by atoms with E-state index in [4.69, 9.17) is 4.52 Å². The summed E-state index contributed by atoms with van der Waals surface area (Å²) in [6.45, 7) is 1.65. The average Bonchev–Trinajstić information content (AvgIpc) is 2.77. The Labute approximate surface area is 141 Å². The lowest BCUT2D eigenvalue weighted by Gasteiger charge is -2.15. The van der Waals surface area contributed by atoms with Gasteiger partial charge in [-0.25, -0.2) is 12.8 Å². The topological polar surface area (TPSA) is 72.2 Å². The SMILES string of the molecule is Cc1cc(NS(=O)(=O)c2ccc(C3CCCCCC3)cc2F)no1. The van der Waals surface area contributed by atoms with Gasteiger partial charge in [0.25, 0.3) is 10.0 Å². The molecule has 0 bridgehead atoms. The van der Waals surface area contributed by atoms with Gasteiger partial charge in [-0.3, -0.25) is 4.72 Å². The van der Waals surface area contributed by atoms with E-state index in [0.717, 1.165) is 31.2 Å². The van der Waals surface area contributed by atoms with Crippen LogP contribution in [0.3, 0.4) is 0 Å². The lowest BCUT2D eigenvalue weighted by atomic mass is 9.92. The van der Waals surface area contributed by atoms with Crippen molar-refractivity contribution in [3.05, 3.63) is 41.4 Å². The van der Waals surface area contributed by atoms with Crippen molar-refractivity contribution in [1.29, 1.82) is 0 Å². The van der Waals surface area contributed by atoms with Crippen molar-refractivity contribution in [2.75, 3.05) is 4.72 Å². The fourth-order valence-corrected chi connectivity index (χ4v) is 4.25. The molecule has 0 radical (unpaired) electrons. The first-order chi connectivity index (χ1) is 11.5. The molecule has 130 valence electrons. The highest BCUT2D eigenvalue weighted by Crippen LogP contribution is 2.33. The second kappa shape index (κ2) is 6.93. The maximum atomic E-state index is 14.4. The zero-order chi connectivity index (χ0) is 17.2. The number of hydrogen-bond donors (Lipinski definition) is 1. The van der Waals surface area contributed by atoms with Gasteiger partial charge < -0.3 is 4.52 Å². The molecular formula is C17H21FN2O3S. The van der Waals surface area contributed by atoms with E-state index in [-0.39, 0.29) is 10.7 Å². The van der Waals surface area contributed by atoms with E-state index >= 15 is 0 Å². The Bertz CT molecular complexity index is 809. The lowest BCUT2D eigenvalue weighted by Crippen LogP contribution is -2.15. The van der Waals surface area contributed by atoms with Gasteiger partial charge in [0.15, 0.2) is 5.82 Å².